The zero-order valence-electron chi connectivity index (χ0n) is 22.6. The van der Waals surface area contributed by atoms with Crippen LogP contribution < -0.4 is 20.1 Å². The molecule has 0 unspecified atom stereocenters. The molecule has 3 N–H and O–H groups in total. The van der Waals surface area contributed by atoms with Gasteiger partial charge in [0, 0.05) is 37.7 Å². The molecule has 0 radical (unpaired) electrons. The summed E-state index contributed by atoms with van der Waals surface area (Å²) in [6, 6.07) is 7.24. The van der Waals surface area contributed by atoms with Crippen LogP contribution in [0.5, 0.6) is 11.6 Å². The second kappa shape index (κ2) is 11.2. The number of nitrogens with one attached hydrogen (secondary N) is 2. The molecule has 1 amide bonds. The molecule has 1 fully saturated rings. The van der Waals surface area contributed by atoms with Crippen LogP contribution in [0.4, 0.5) is 0 Å². The standard InChI is InChI=1S/C29H40ClN3O4/c1-18(34)33-23(12-19-7-8-22(30)26(13-19)36-5)25(35)17-31-24-15-29(9-6-10-29)37-27-21(24)11-20(16-32-27)14-28(2,3)4/h7-8,11,13,16,23-25,31,35H,6,9-10,12,14-15,17H2,1-5H3,(H,33,34)/t23-,24-,25-/m0/s1. The lowest BCUT2D eigenvalue weighted by atomic mass is 9.73. The minimum Gasteiger partial charge on any atom is -0.495 e. The Morgan fingerprint density at radius 2 is 2.05 bits per heavy atom. The molecule has 1 aromatic heterocycles. The monoisotopic (exact) mass is 529 g/mol. The van der Waals surface area contributed by atoms with Crippen molar-refractivity contribution in [3.05, 3.63) is 52.2 Å². The number of aliphatic hydroxyl groups excluding tert-OH is 1. The molecule has 4 rings (SSSR count). The smallest absolute Gasteiger partial charge is 0.218 e. The normalized spacial score (nSPS) is 19.8. The summed E-state index contributed by atoms with van der Waals surface area (Å²) in [6.07, 6.45) is 6.52. The van der Waals surface area contributed by atoms with Crippen molar-refractivity contribution < 1.29 is 19.4 Å². The van der Waals surface area contributed by atoms with Gasteiger partial charge < -0.3 is 25.2 Å². The van der Waals surface area contributed by atoms with Crippen LogP contribution in [-0.4, -0.2) is 47.4 Å². The van der Waals surface area contributed by atoms with Crippen LogP contribution in [0.3, 0.4) is 0 Å². The van der Waals surface area contributed by atoms with E-state index in [1.54, 1.807) is 13.2 Å². The Balaban J connectivity index is 1.50. The van der Waals surface area contributed by atoms with Gasteiger partial charge in [0.2, 0.25) is 11.8 Å². The summed E-state index contributed by atoms with van der Waals surface area (Å²) >= 11 is 6.17. The Kier molecular flexibility index (Phi) is 8.36. The third kappa shape index (κ3) is 6.95. The number of nitrogens with zero attached hydrogens (tertiary/aromatic N) is 1. The van der Waals surface area contributed by atoms with Crippen molar-refractivity contribution in [3.8, 4) is 11.6 Å². The van der Waals surface area contributed by atoms with Crippen molar-refractivity contribution in [2.75, 3.05) is 13.7 Å². The topological polar surface area (TPSA) is 92.7 Å². The number of benzene rings is 1. The van der Waals surface area contributed by atoms with E-state index in [2.05, 4.69) is 37.5 Å². The molecule has 3 atom stereocenters. The Bertz CT molecular complexity index is 1110. The Morgan fingerprint density at radius 1 is 1.30 bits per heavy atom. The minimum atomic E-state index is -0.806. The maximum atomic E-state index is 12.0. The summed E-state index contributed by atoms with van der Waals surface area (Å²) in [5.74, 6) is 1.07. The molecule has 2 heterocycles. The second-order valence-electron chi connectivity index (χ2n) is 11.8. The first-order valence-electron chi connectivity index (χ1n) is 13.2. The molecule has 1 aromatic carbocycles. The highest BCUT2D eigenvalue weighted by molar-refractivity contribution is 6.32. The van der Waals surface area contributed by atoms with Crippen LogP contribution >= 0.6 is 11.6 Å². The average molecular weight is 530 g/mol. The number of rotatable bonds is 9. The second-order valence-corrected chi connectivity index (χ2v) is 12.2. The quantitative estimate of drug-likeness (QED) is 0.433. The van der Waals surface area contributed by atoms with Crippen molar-refractivity contribution in [1.29, 1.82) is 0 Å². The number of aromatic nitrogens is 1. The minimum absolute atomic E-state index is 0.0136. The van der Waals surface area contributed by atoms with Crippen molar-refractivity contribution in [2.24, 2.45) is 5.41 Å². The summed E-state index contributed by atoms with van der Waals surface area (Å²) in [4.78, 5) is 16.7. The predicted molar refractivity (Wildman–Crippen MR) is 145 cm³/mol. The third-order valence-electron chi connectivity index (χ3n) is 7.30. The lowest BCUT2D eigenvalue weighted by Crippen LogP contribution is -2.52. The van der Waals surface area contributed by atoms with Gasteiger partial charge in [-0.15, -0.1) is 0 Å². The predicted octanol–water partition coefficient (Wildman–Crippen LogP) is 4.78. The molecule has 1 aliphatic heterocycles. The van der Waals surface area contributed by atoms with Gasteiger partial charge >= 0.3 is 0 Å². The average Bonchev–Trinajstić information content (AvgIpc) is 2.80. The van der Waals surface area contributed by atoms with Gasteiger partial charge in [-0.05, 0) is 66.8 Å². The first-order chi connectivity index (χ1) is 17.5. The van der Waals surface area contributed by atoms with E-state index in [-0.39, 0.29) is 23.0 Å². The van der Waals surface area contributed by atoms with Gasteiger partial charge in [-0.1, -0.05) is 38.4 Å². The molecule has 0 saturated heterocycles. The van der Waals surface area contributed by atoms with Gasteiger partial charge in [-0.2, -0.15) is 0 Å². The lowest BCUT2D eigenvalue weighted by molar-refractivity contribution is -0.120. The Hall–Kier alpha value is -2.35. The van der Waals surface area contributed by atoms with Gasteiger partial charge in [0.15, 0.2) is 0 Å². The lowest BCUT2D eigenvalue weighted by Gasteiger charge is -2.47. The zero-order valence-corrected chi connectivity index (χ0v) is 23.3. The maximum Gasteiger partial charge on any atom is 0.218 e. The Labute approximate surface area is 225 Å². The molecule has 1 spiro atoms. The molecule has 1 aliphatic carbocycles. The summed E-state index contributed by atoms with van der Waals surface area (Å²) < 4.78 is 11.7. The van der Waals surface area contributed by atoms with E-state index in [4.69, 9.17) is 26.1 Å². The van der Waals surface area contributed by atoms with Gasteiger partial charge in [-0.25, -0.2) is 4.98 Å². The molecule has 37 heavy (non-hydrogen) atoms. The summed E-state index contributed by atoms with van der Waals surface area (Å²) in [6.45, 7) is 8.44. The largest absolute Gasteiger partial charge is 0.495 e. The number of carbonyl (C=O) groups excluding carboxylic acids is 1. The molecule has 7 nitrogen and oxygen atoms in total. The fourth-order valence-electron chi connectivity index (χ4n) is 5.38. The summed E-state index contributed by atoms with van der Waals surface area (Å²) in [5.41, 5.74) is 3.12. The number of fused-ring (bicyclic) bond motifs is 1. The number of aliphatic hydroxyl groups is 1. The van der Waals surface area contributed by atoms with Crippen LogP contribution in [0, 0.1) is 5.41 Å². The molecular formula is C29H40ClN3O4. The fourth-order valence-corrected chi connectivity index (χ4v) is 5.58. The highest BCUT2D eigenvalue weighted by Crippen LogP contribution is 2.48. The SMILES string of the molecule is COc1cc(C[C@H](NC(C)=O)[C@@H](O)CN[C@H]2CC3(CCC3)Oc3ncc(CC(C)(C)C)cc32)ccc1Cl. The van der Waals surface area contributed by atoms with E-state index < -0.39 is 12.1 Å². The number of hydrogen-bond donors (Lipinski definition) is 3. The van der Waals surface area contributed by atoms with E-state index >= 15 is 0 Å². The molecule has 2 aliphatic rings. The maximum absolute atomic E-state index is 12.0. The zero-order chi connectivity index (χ0) is 26.8. The van der Waals surface area contributed by atoms with E-state index in [1.807, 2.05) is 18.3 Å². The molecule has 2 aromatic rings. The van der Waals surface area contributed by atoms with Gasteiger partial charge in [0.25, 0.3) is 0 Å². The number of hydrogen-bond acceptors (Lipinski definition) is 6. The van der Waals surface area contributed by atoms with E-state index in [9.17, 15) is 9.90 Å². The van der Waals surface area contributed by atoms with Crippen LogP contribution in [-0.2, 0) is 17.6 Å². The number of amides is 1. The first-order valence-corrected chi connectivity index (χ1v) is 13.5. The highest BCUT2D eigenvalue weighted by Gasteiger charge is 2.46. The Morgan fingerprint density at radius 3 is 2.68 bits per heavy atom. The molecular weight excluding hydrogens is 490 g/mol. The van der Waals surface area contributed by atoms with Crippen LogP contribution in [0.15, 0.2) is 30.5 Å². The molecule has 202 valence electrons. The van der Waals surface area contributed by atoms with Crippen LogP contribution in [0.25, 0.3) is 0 Å². The van der Waals surface area contributed by atoms with E-state index in [1.165, 1.54) is 12.5 Å². The number of halogens is 1. The van der Waals surface area contributed by atoms with E-state index in [0.29, 0.717) is 29.6 Å². The number of ether oxygens (including phenoxy) is 2. The highest BCUT2D eigenvalue weighted by atomic mass is 35.5. The molecule has 0 bridgehead atoms. The van der Waals surface area contributed by atoms with Crippen molar-refractivity contribution in [3.63, 3.8) is 0 Å². The summed E-state index contributed by atoms with van der Waals surface area (Å²) in [7, 11) is 1.57. The van der Waals surface area contributed by atoms with Gasteiger partial charge in [-0.3, -0.25) is 4.79 Å². The number of methoxy groups -OCH3 is 1. The van der Waals surface area contributed by atoms with Crippen molar-refractivity contribution in [2.45, 2.75) is 90.0 Å². The van der Waals surface area contributed by atoms with E-state index in [0.717, 1.165) is 43.2 Å². The van der Waals surface area contributed by atoms with Crippen LogP contribution in [0.1, 0.15) is 76.1 Å². The third-order valence-corrected chi connectivity index (χ3v) is 7.61. The number of pyridine rings is 1. The molecule has 8 heteroatoms. The van der Waals surface area contributed by atoms with Gasteiger partial charge in [0.1, 0.15) is 11.4 Å². The fraction of sp³-hybridized carbons (Fsp3) is 0.586. The van der Waals surface area contributed by atoms with Crippen LogP contribution in [0.2, 0.25) is 5.02 Å². The first kappa shape index (κ1) is 27.7. The summed E-state index contributed by atoms with van der Waals surface area (Å²) in [5, 5.41) is 18.2. The van der Waals surface area contributed by atoms with Crippen molar-refractivity contribution >= 4 is 17.5 Å². The van der Waals surface area contributed by atoms with Gasteiger partial charge in [0.05, 0.1) is 24.3 Å². The molecule has 1 saturated carbocycles. The number of carbonyl (C=O) groups is 1. The van der Waals surface area contributed by atoms with Crippen molar-refractivity contribution in [1.82, 2.24) is 15.6 Å².